The Labute approximate surface area is 132 Å². The van der Waals surface area contributed by atoms with Gasteiger partial charge in [-0.1, -0.05) is 17.7 Å². The van der Waals surface area contributed by atoms with Crippen molar-refractivity contribution in [3.8, 4) is 17.6 Å². The molecule has 0 aromatic heterocycles. The van der Waals surface area contributed by atoms with E-state index in [4.69, 9.17) is 26.3 Å². The largest absolute Gasteiger partial charge is 0.486 e. The average molecular weight is 319 g/mol. The Bertz CT molecular complexity index is 759. The first-order valence-corrected chi connectivity index (χ1v) is 7.07. The second kappa shape index (κ2) is 6.12. The highest BCUT2D eigenvalue weighted by atomic mass is 35.5. The zero-order valence-corrected chi connectivity index (χ0v) is 12.3. The van der Waals surface area contributed by atoms with Crippen LogP contribution in [0.4, 0.5) is 10.1 Å². The molecule has 1 aliphatic rings. The van der Waals surface area contributed by atoms with E-state index in [1.807, 2.05) is 12.1 Å². The molecule has 0 bridgehead atoms. The minimum absolute atomic E-state index is 0.00820. The van der Waals surface area contributed by atoms with Crippen LogP contribution in [0.25, 0.3) is 0 Å². The molecule has 0 amide bonds. The normalized spacial score (nSPS) is 12.6. The number of fused-ring (bicyclic) bond motifs is 1. The quantitative estimate of drug-likeness (QED) is 0.936. The monoisotopic (exact) mass is 318 g/mol. The van der Waals surface area contributed by atoms with Gasteiger partial charge in [0, 0.05) is 6.54 Å². The number of hydrogen-bond acceptors (Lipinski definition) is 4. The predicted octanol–water partition coefficient (Wildman–Crippen LogP) is 3.73. The molecule has 2 aromatic rings. The number of rotatable bonds is 3. The van der Waals surface area contributed by atoms with Gasteiger partial charge in [0.25, 0.3) is 0 Å². The first-order chi connectivity index (χ1) is 10.7. The molecular formula is C16H12ClFN2O2. The van der Waals surface area contributed by atoms with Crippen molar-refractivity contribution in [1.82, 2.24) is 0 Å². The van der Waals surface area contributed by atoms with E-state index in [0.717, 1.165) is 5.56 Å². The molecule has 3 rings (SSSR count). The molecule has 0 saturated carbocycles. The third-order valence-electron chi connectivity index (χ3n) is 3.26. The third kappa shape index (κ3) is 2.78. The van der Waals surface area contributed by atoms with Crippen LogP contribution in [-0.4, -0.2) is 13.2 Å². The summed E-state index contributed by atoms with van der Waals surface area (Å²) in [7, 11) is 0. The van der Waals surface area contributed by atoms with Gasteiger partial charge in [0.05, 0.1) is 10.7 Å². The van der Waals surface area contributed by atoms with Crippen LogP contribution in [0.5, 0.6) is 11.5 Å². The van der Waals surface area contributed by atoms with Crippen LogP contribution >= 0.6 is 11.6 Å². The smallest absolute Gasteiger partial charge is 0.179 e. The standard InChI is InChI=1S/C16H12ClFN2O2/c17-12-6-10(7-15-16(12)22-5-4-21-15)9-20-14-3-1-2-13(18)11(14)8-19/h1-3,6-7,20H,4-5,9H2. The Morgan fingerprint density at radius 1 is 1.27 bits per heavy atom. The Morgan fingerprint density at radius 2 is 2.09 bits per heavy atom. The van der Waals surface area contributed by atoms with Crippen molar-refractivity contribution in [2.45, 2.75) is 6.54 Å². The van der Waals surface area contributed by atoms with Crippen LogP contribution in [0.15, 0.2) is 30.3 Å². The van der Waals surface area contributed by atoms with Crippen LogP contribution in [0, 0.1) is 17.1 Å². The van der Waals surface area contributed by atoms with Crippen molar-refractivity contribution in [3.63, 3.8) is 0 Å². The summed E-state index contributed by atoms with van der Waals surface area (Å²) in [6.07, 6.45) is 0. The SMILES string of the molecule is N#Cc1c(F)cccc1NCc1cc(Cl)c2c(c1)OCCO2. The molecule has 4 nitrogen and oxygen atoms in total. The summed E-state index contributed by atoms with van der Waals surface area (Å²) in [6.45, 7) is 1.33. The maximum Gasteiger partial charge on any atom is 0.179 e. The van der Waals surface area contributed by atoms with E-state index in [0.29, 0.717) is 42.0 Å². The van der Waals surface area contributed by atoms with E-state index in [-0.39, 0.29) is 5.56 Å². The highest BCUT2D eigenvalue weighted by Crippen LogP contribution is 2.38. The van der Waals surface area contributed by atoms with E-state index in [2.05, 4.69) is 5.32 Å². The molecule has 0 saturated heterocycles. The van der Waals surface area contributed by atoms with Crippen molar-refractivity contribution < 1.29 is 13.9 Å². The van der Waals surface area contributed by atoms with Crippen molar-refractivity contribution in [2.75, 3.05) is 18.5 Å². The lowest BCUT2D eigenvalue weighted by atomic mass is 10.1. The lowest BCUT2D eigenvalue weighted by molar-refractivity contribution is 0.171. The molecule has 0 atom stereocenters. The molecule has 0 unspecified atom stereocenters. The number of ether oxygens (including phenoxy) is 2. The van der Waals surface area contributed by atoms with Crippen molar-refractivity contribution >= 4 is 17.3 Å². The fourth-order valence-corrected chi connectivity index (χ4v) is 2.54. The summed E-state index contributed by atoms with van der Waals surface area (Å²) in [6, 6.07) is 9.89. The number of benzene rings is 2. The fraction of sp³-hybridized carbons (Fsp3) is 0.188. The summed E-state index contributed by atoms with van der Waals surface area (Å²) in [5.74, 6) is 0.586. The second-order valence-electron chi connectivity index (χ2n) is 4.73. The Hall–Kier alpha value is -2.45. The van der Waals surface area contributed by atoms with E-state index >= 15 is 0 Å². The van der Waals surface area contributed by atoms with Gasteiger partial charge >= 0.3 is 0 Å². The molecule has 0 spiro atoms. The predicted molar refractivity (Wildman–Crippen MR) is 80.9 cm³/mol. The Balaban J connectivity index is 1.82. The molecule has 6 heteroatoms. The number of nitrogens with one attached hydrogen (secondary N) is 1. The number of anilines is 1. The van der Waals surface area contributed by atoms with Crippen LogP contribution in [-0.2, 0) is 6.54 Å². The highest BCUT2D eigenvalue weighted by molar-refractivity contribution is 6.32. The topological polar surface area (TPSA) is 54.3 Å². The second-order valence-corrected chi connectivity index (χ2v) is 5.14. The first-order valence-electron chi connectivity index (χ1n) is 6.69. The van der Waals surface area contributed by atoms with Crippen LogP contribution in [0.3, 0.4) is 0 Å². The summed E-state index contributed by atoms with van der Waals surface area (Å²) in [4.78, 5) is 0. The lowest BCUT2D eigenvalue weighted by Gasteiger charge is -2.20. The van der Waals surface area contributed by atoms with Gasteiger partial charge in [-0.2, -0.15) is 5.26 Å². The summed E-state index contributed by atoms with van der Waals surface area (Å²) < 4.78 is 24.5. The van der Waals surface area contributed by atoms with E-state index in [1.165, 1.54) is 6.07 Å². The molecular weight excluding hydrogens is 307 g/mol. The minimum Gasteiger partial charge on any atom is -0.486 e. The molecule has 0 radical (unpaired) electrons. The molecule has 1 N–H and O–H groups in total. The van der Waals surface area contributed by atoms with Gasteiger partial charge in [0.15, 0.2) is 11.5 Å². The van der Waals surface area contributed by atoms with Gasteiger partial charge in [0.2, 0.25) is 0 Å². The van der Waals surface area contributed by atoms with Gasteiger partial charge in [-0.15, -0.1) is 0 Å². The zero-order chi connectivity index (χ0) is 15.5. The van der Waals surface area contributed by atoms with Crippen molar-refractivity contribution in [1.29, 1.82) is 5.26 Å². The summed E-state index contributed by atoms with van der Waals surface area (Å²) in [5.41, 5.74) is 1.28. The first kappa shape index (κ1) is 14.5. The molecule has 22 heavy (non-hydrogen) atoms. The van der Waals surface area contributed by atoms with Crippen LogP contribution < -0.4 is 14.8 Å². The number of nitriles is 1. The minimum atomic E-state index is -0.548. The lowest BCUT2D eigenvalue weighted by Crippen LogP contribution is -2.16. The highest BCUT2D eigenvalue weighted by Gasteiger charge is 2.16. The molecule has 0 aliphatic carbocycles. The van der Waals surface area contributed by atoms with Crippen molar-refractivity contribution in [3.05, 3.63) is 52.3 Å². The van der Waals surface area contributed by atoms with E-state index in [9.17, 15) is 4.39 Å². The number of nitrogens with zero attached hydrogens (tertiary/aromatic N) is 1. The molecule has 2 aromatic carbocycles. The third-order valence-corrected chi connectivity index (χ3v) is 3.55. The number of halogens is 2. The maximum atomic E-state index is 13.5. The summed E-state index contributed by atoms with van der Waals surface area (Å²) >= 11 is 6.17. The van der Waals surface area contributed by atoms with Gasteiger partial charge in [0.1, 0.15) is 30.7 Å². The molecule has 112 valence electrons. The maximum absolute atomic E-state index is 13.5. The molecule has 1 aliphatic heterocycles. The van der Waals surface area contributed by atoms with Gasteiger partial charge < -0.3 is 14.8 Å². The van der Waals surface area contributed by atoms with Crippen LogP contribution in [0.2, 0.25) is 5.02 Å². The Morgan fingerprint density at radius 3 is 2.91 bits per heavy atom. The van der Waals surface area contributed by atoms with Crippen LogP contribution in [0.1, 0.15) is 11.1 Å². The van der Waals surface area contributed by atoms with E-state index in [1.54, 1.807) is 18.2 Å². The summed E-state index contributed by atoms with van der Waals surface area (Å²) in [5, 5.41) is 12.5. The fourth-order valence-electron chi connectivity index (χ4n) is 2.25. The number of hydrogen-bond donors (Lipinski definition) is 1. The van der Waals surface area contributed by atoms with E-state index < -0.39 is 5.82 Å². The van der Waals surface area contributed by atoms with Gasteiger partial charge in [-0.25, -0.2) is 4.39 Å². The average Bonchev–Trinajstić information content (AvgIpc) is 2.53. The van der Waals surface area contributed by atoms with Gasteiger partial charge in [-0.05, 0) is 29.8 Å². The molecule has 0 fully saturated rings. The molecule has 1 heterocycles. The Kier molecular flexibility index (Phi) is 4.03. The van der Waals surface area contributed by atoms with Crippen molar-refractivity contribution in [2.24, 2.45) is 0 Å². The zero-order valence-electron chi connectivity index (χ0n) is 11.5. The van der Waals surface area contributed by atoms with Gasteiger partial charge in [-0.3, -0.25) is 0 Å².